The van der Waals surface area contributed by atoms with E-state index in [1.54, 1.807) is 12.1 Å². The minimum atomic E-state index is -1.10. The molecule has 0 aliphatic carbocycles. The molecule has 0 spiro atoms. The van der Waals surface area contributed by atoms with Crippen LogP contribution in [0.2, 0.25) is 0 Å². The van der Waals surface area contributed by atoms with Gasteiger partial charge in [-0.25, -0.2) is 8.78 Å². The minimum Gasteiger partial charge on any atom is -0.282 e. The lowest BCUT2D eigenvalue weighted by Crippen LogP contribution is -2.07. The molecule has 2 atom stereocenters. The highest BCUT2D eigenvalue weighted by Crippen LogP contribution is 2.17. The van der Waals surface area contributed by atoms with E-state index in [1.807, 2.05) is 18.2 Å². The highest BCUT2D eigenvalue weighted by atomic mass is 32.2. The molecule has 2 unspecified atom stereocenters. The van der Waals surface area contributed by atoms with Crippen LogP contribution >= 0.6 is 11.8 Å². The van der Waals surface area contributed by atoms with Crippen LogP contribution < -0.4 is 0 Å². The topological polar surface area (TPSA) is 17.1 Å². The summed E-state index contributed by atoms with van der Waals surface area (Å²) in [6.07, 6.45) is -1.33. The maximum absolute atomic E-state index is 13.2. The van der Waals surface area contributed by atoms with Crippen LogP contribution in [0.4, 0.5) is 8.78 Å². The van der Waals surface area contributed by atoms with E-state index in [0.29, 0.717) is 24.2 Å². The molecule has 0 saturated heterocycles. The van der Waals surface area contributed by atoms with Gasteiger partial charge >= 0.3 is 0 Å². The van der Waals surface area contributed by atoms with E-state index in [9.17, 15) is 13.6 Å². The number of benzene rings is 1. The molecule has 100 valence electrons. The number of carbonyl (C=O) groups excluding carboxylic acids is 1. The molecule has 4 heteroatoms. The molecule has 0 N–H and O–H groups in total. The normalized spacial score (nSPS) is 14.2. The molecule has 1 aromatic carbocycles. The summed E-state index contributed by atoms with van der Waals surface area (Å²) in [4.78, 5) is 11.7. The zero-order valence-corrected chi connectivity index (χ0v) is 11.3. The fourth-order valence-electron chi connectivity index (χ4n) is 1.60. The monoisotopic (exact) mass is 272 g/mol. The Hall–Kier alpha value is -0.900. The Labute approximate surface area is 111 Å². The predicted octanol–water partition coefficient (Wildman–Crippen LogP) is 4.43. The maximum atomic E-state index is 13.2. The zero-order chi connectivity index (χ0) is 13.4. The summed E-state index contributed by atoms with van der Waals surface area (Å²) >= 11 is 1.19. The number of hydrogen-bond acceptors (Lipinski definition) is 2. The van der Waals surface area contributed by atoms with Crippen LogP contribution in [0, 0.1) is 0 Å². The van der Waals surface area contributed by atoms with Gasteiger partial charge < -0.3 is 0 Å². The molecule has 0 amide bonds. The predicted molar refractivity (Wildman–Crippen MR) is 72.5 cm³/mol. The van der Waals surface area contributed by atoms with E-state index in [1.165, 1.54) is 18.7 Å². The summed E-state index contributed by atoms with van der Waals surface area (Å²) in [6, 6.07) is 9.01. The molecular weight excluding hydrogens is 254 g/mol. The molecular formula is C14H18F2OS. The lowest BCUT2D eigenvalue weighted by atomic mass is 10.1. The third-order valence-corrected chi connectivity index (χ3v) is 3.48. The Morgan fingerprint density at radius 3 is 2.56 bits per heavy atom. The standard InChI is InChI=1S/C14H18F2OS/c1-11(15)10-13(16)8-5-9-18-14(17)12-6-3-2-4-7-12/h2-4,6-7,11,13H,5,8-10H2,1H3. The van der Waals surface area contributed by atoms with Gasteiger partial charge in [0.25, 0.3) is 0 Å². The average Bonchev–Trinajstić information content (AvgIpc) is 2.34. The SMILES string of the molecule is CC(F)CC(F)CCCSC(=O)c1ccccc1. The summed E-state index contributed by atoms with van der Waals surface area (Å²) in [6.45, 7) is 1.36. The van der Waals surface area contributed by atoms with Crippen LogP contribution in [0.1, 0.15) is 36.5 Å². The molecule has 18 heavy (non-hydrogen) atoms. The van der Waals surface area contributed by atoms with Gasteiger partial charge in [-0.2, -0.15) is 0 Å². The van der Waals surface area contributed by atoms with Gasteiger partial charge in [0.05, 0.1) is 0 Å². The van der Waals surface area contributed by atoms with Gasteiger partial charge in [-0.15, -0.1) is 0 Å². The van der Waals surface area contributed by atoms with Crippen molar-refractivity contribution in [1.29, 1.82) is 0 Å². The first kappa shape index (κ1) is 15.2. The molecule has 0 radical (unpaired) electrons. The Balaban J connectivity index is 2.17. The number of thioether (sulfide) groups is 1. The van der Waals surface area contributed by atoms with Crippen LogP contribution in [-0.4, -0.2) is 23.2 Å². The lowest BCUT2D eigenvalue weighted by Gasteiger charge is -2.08. The Kier molecular flexibility index (Phi) is 6.94. The summed E-state index contributed by atoms with van der Waals surface area (Å²) in [5, 5.41) is 0.00451. The van der Waals surface area contributed by atoms with Gasteiger partial charge in [-0.3, -0.25) is 4.79 Å². The molecule has 1 aromatic rings. The van der Waals surface area contributed by atoms with Crippen molar-refractivity contribution in [3.05, 3.63) is 35.9 Å². The molecule has 1 nitrogen and oxygen atoms in total. The number of hydrogen-bond donors (Lipinski definition) is 0. The second kappa shape index (κ2) is 8.25. The van der Waals surface area contributed by atoms with Crippen LogP contribution in [0.15, 0.2) is 30.3 Å². The van der Waals surface area contributed by atoms with E-state index >= 15 is 0 Å². The number of alkyl halides is 2. The van der Waals surface area contributed by atoms with E-state index < -0.39 is 12.3 Å². The van der Waals surface area contributed by atoms with E-state index in [4.69, 9.17) is 0 Å². The highest BCUT2D eigenvalue weighted by molar-refractivity contribution is 8.14. The number of carbonyl (C=O) groups is 1. The average molecular weight is 272 g/mol. The Morgan fingerprint density at radius 1 is 1.28 bits per heavy atom. The number of halogens is 2. The van der Waals surface area contributed by atoms with Crippen molar-refractivity contribution >= 4 is 16.9 Å². The van der Waals surface area contributed by atoms with E-state index in [-0.39, 0.29) is 11.5 Å². The van der Waals surface area contributed by atoms with Crippen molar-refractivity contribution in [3.8, 4) is 0 Å². The first-order valence-corrected chi connectivity index (χ1v) is 7.08. The second-order valence-electron chi connectivity index (χ2n) is 4.26. The van der Waals surface area contributed by atoms with Gasteiger partial charge in [0, 0.05) is 17.7 Å². The van der Waals surface area contributed by atoms with Crippen molar-refractivity contribution in [3.63, 3.8) is 0 Å². The van der Waals surface area contributed by atoms with Gasteiger partial charge in [-0.05, 0) is 19.8 Å². The molecule has 0 heterocycles. The summed E-state index contributed by atoms with van der Waals surface area (Å²) in [5.41, 5.74) is 0.664. The van der Waals surface area contributed by atoms with E-state index in [2.05, 4.69) is 0 Å². The van der Waals surface area contributed by atoms with Gasteiger partial charge in [0.2, 0.25) is 5.12 Å². The van der Waals surface area contributed by atoms with Gasteiger partial charge in [-0.1, -0.05) is 42.1 Å². The van der Waals surface area contributed by atoms with Crippen LogP contribution in [0.25, 0.3) is 0 Å². The van der Waals surface area contributed by atoms with Crippen LogP contribution in [0.5, 0.6) is 0 Å². The Morgan fingerprint density at radius 2 is 1.94 bits per heavy atom. The van der Waals surface area contributed by atoms with Crippen molar-refractivity contribution in [2.45, 2.75) is 38.5 Å². The van der Waals surface area contributed by atoms with Gasteiger partial charge in [0.1, 0.15) is 12.3 Å². The van der Waals surface area contributed by atoms with Crippen molar-refractivity contribution in [1.82, 2.24) is 0 Å². The Bertz CT molecular complexity index is 354. The van der Waals surface area contributed by atoms with Crippen LogP contribution in [-0.2, 0) is 0 Å². The minimum absolute atomic E-state index is 0.00451. The maximum Gasteiger partial charge on any atom is 0.219 e. The summed E-state index contributed by atoms with van der Waals surface area (Å²) in [7, 11) is 0. The highest BCUT2D eigenvalue weighted by Gasteiger charge is 2.11. The molecule has 0 fully saturated rings. The first-order valence-electron chi connectivity index (χ1n) is 6.10. The fourth-order valence-corrected chi connectivity index (χ4v) is 2.40. The second-order valence-corrected chi connectivity index (χ2v) is 5.33. The smallest absolute Gasteiger partial charge is 0.219 e. The third-order valence-electron chi connectivity index (χ3n) is 2.48. The van der Waals surface area contributed by atoms with Crippen LogP contribution in [0.3, 0.4) is 0 Å². The summed E-state index contributed by atoms with van der Waals surface area (Å²) in [5.74, 6) is 0.578. The molecule has 0 aliphatic heterocycles. The largest absolute Gasteiger partial charge is 0.282 e. The quantitative estimate of drug-likeness (QED) is 0.683. The third kappa shape index (κ3) is 6.15. The molecule has 0 aromatic heterocycles. The molecule has 0 saturated carbocycles. The van der Waals surface area contributed by atoms with Crippen molar-refractivity contribution in [2.24, 2.45) is 0 Å². The fraction of sp³-hybridized carbons (Fsp3) is 0.500. The molecule has 0 bridgehead atoms. The summed E-state index contributed by atoms with van der Waals surface area (Å²) < 4.78 is 25.7. The molecule has 1 rings (SSSR count). The number of rotatable bonds is 7. The van der Waals surface area contributed by atoms with Crippen molar-refractivity contribution in [2.75, 3.05) is 5.75 Å². The lowest BCUT2D eigenvalue weighted by molar-refractivity contribution is 0.108. The van der Waals surface area contributed by atoms with Crippen molar-refractivity contribution < 1.29 is 13.6 Å². The first-order chi connectivity index (χ1) is 8.59. The molecule has 0 aliphatic rings. The van der Waals surface area contributed by atoms with E-state index in [0.717, 1.165) is 0 Å². The zero-order valence-electron chi connectivity index (χ0n) is 10.4. The van der Waals surface area contributed by atoms with Gasteiger partial charge in [0.15, 0.2) is 0 Å².